The molecule has 1 N–H and O–H groups in total. The molecule has 3 heterocycles. The number of aryl methyl sites for hydroxylation is 1. The highest BCUT2D eigenvalue weighted by atomic mass is 15.3. The number of hydrogen-bond acceptors (Lipinski definition) is 4. The first kappa shape index (κ1) is 14.3. The average molecular weight is 320 g/mol. The van der Waals surface area contributed by atoms with Crippen molar-refractivity contribution in [3.63, 3.8) is 0 Å². The van der Waals surface area contributed by atoms with Crippen LogP contribution in [0.2, 0.25) is 0 Å². The second kappa shape index (κ2) is 5.47. The zero-order valence-corrected chi connectivity index (χ0v) is 14.2. The lowest BCUT2D eigenvalue weighted by atomic mass is 9.75. The summed E-state index contributed by atoms with van der Waals surface area (Å²) in [6, 6.07) is 12.2. The van der Waals surface area contributed by atoms with Crippen molar-refractivity contribution in [2.24, 2.45) is 0 Å². The van der Waals surface area contributed by atoms with Gasteiger partial charge in [0, 0.05) is 30.3 Å². The van der Waals surface area contributed by atoms with E-state index in [4.69, 9.17) is 4.98 Å². The van der Waals surface area contributed by atoms with Crippen molar-refractivity contribution in [2.45, 2.75) is 57.0 Å². The molecule has 1 saturated heterocycles. The summed E-state index contributed by atoms with van der Waals surface area (Å²) in [6.45, 7) is 3.26. The number of anilines is 2. The molecule has 0 radical (unpaired) electrons. The second-order valence-corrected chi connectivity index (χ2v) is 7.38. The number of aromatic nitrogens is 2. The molecule has 2 fully saturated rings. The number of fused-ring (bicyclic) bond motifs is 2. The van der Waals surface area contributed by atoms with Crippen LogP contribution in [0.15, 0.2) is 30.3 Å². The third-order valence-corrected chi connectivity index (χ3v) is 5.71. The van der Waals surface area contributed by atoms with Crippen molar-refractivity contribution < 1.29 is 0 Å². The molecule has 24 heavy (non-hydrogen) atoms. The Morgan fingerprint density at radius 1 is 1.08 bits per heavy atom. The van der Waals surface area contributed by atoms with Crippen LogP contribution >= 0.6 is 0 Å². The molecular weight excluding hydrogens is 296 g/mol. The van der Waals surface area contributed by atoms with E-state index < -0.39 is 0 Å². The molecule has 0 amide bonds. The lowest BCUT2D eigenvalue weighted by molar-refractivity contribution is 0.387. The van der Waals surface area contributed by atoms with Crippen LogP contribution in [0.3, 0.4) is 0 Å². The lowest BCUT2D eigenvalue weighted by Gasteiger charge is -2.47. The zero-order valence-electron chi connectivity index (χ0n) is 14.2. The molecule has 4 nitrogen and oxygen atoms in total. The number of benzene rings is 1. The monoisotopic (exact) mass is 320 g/mol. The standard InChI is InChI=1S/C20H24N4/c1-2-14-11-19(23-20(21-14)22-15-8-9-15)24-12-13-7-10-18(24)17-6-4-3-5-16(13)17/h3-6,11,13,15,18H,2,7-10,12H2,1H3,(H,21,22,23)/t13-,18+/m1/s1. The van der Waals surface area contributed by atoms with Crippen molar-refractivity contribution in [1.82, 2.24) is 9.97 Å². The summed E-state index contributed by atoms with van der Waals surface area (Å²) in [5.74, 6) is 2.57. The summed E-state index contributed by atoms with van der Waals surface area (Å²) < 4.78 is 0. The molecular formula is C20H24N4. The van der Waals surface area contributed by atoms with Crippen molar-refractivity contribution in [1.29, 1.82) is 0 Å². The fourth-order valence-electron chi connectivity index (χ4n) is 4.27. The zero-order chi connectivity index (χ0) is 16.1. The molecule has 2 aromatic rings. The van der Waals surface area contributed by atoms with Gasteiger partial charge in [-0.2, -0.15) is 4.98 Å². The lowest BCUT2D eigenvalue weighted by Crippen LogP contribution is -2.43. The fraction of sp³-hybridized carbons (Fsp3) is 0.500. The largest absolute Gasteiger partial charge is 0.351 e. The normalized spacial score (nSPS) is 24.8. The van der Waals surface area contributed by atoms with E-state index in [9.17, 15) is 0 Å². The van der Waals surface area contributed by atoms with Gasteiger partial charge in [0.25, 0.3) is 0 Å². The van der Waals surface area contributed by atoms with E-state index in [2.05, 4.69) is 52.5 Å². The van der Waals surface area contributed by atoms with Crippen LogP contribution in [0.25, 0.3) is 0 Å². The maximum Gasteiger partial charge on any atom is 0.225 e. The van der Waals surface area contributed by atoms with Gasteiger partial charge >= 0.3 is 0 Å². The van der Waals surface area contributed by atoms with E-state index >= 15 is 0 Å². The van der Waals surface area contributed by atoms with E-state index in [1.54, 1.807) is 5.56 Å². The quantitative estimate of drug-likeness (QED) is 0.922. The van der Waals surface area contributed by atoms with Gasteiger partial charge in [-0.05, 0) is 43.2 Å². The maximum absolute atomic E-state index is 4.88. The Labute approximate surface area is 143 Å². The van der Waals surface area contributed by atoms with E-state index in [1.165, 1.54) is 31.2 Å². The minimum atomic E-state index is 0.472. The Kier molecular flexibility index (Phi) is 3.25. The van der Waals surface area contributed by atoms with Gasteiger partial charge in [-0.25, -0.2) is 4.98 Å². The van der Waals surface area contributed by atoms with Crippen LogP contribution in [-0.2, 0) is 6.42 Å². The summed E-state index contributed by atoms with van der Waals surface area (Å²) in [5, 5.41) is 3.48. The van der Waals surface area contributed by atoms with E-state index in [-0.39, 0.29) is 0 Å². The molecule has 1 saturated carbocycles. The molecule has 1 aromatic heterocycles. The topological polar surface area (TPSA) is 41.1 Å². The summed E-state index contributed by atoms with van der Waals surface area (Å²) in [4.78, 5) is 12.1. The molecule has 124 valence electrons. The Balaban J connectivity index is 1.52. The molecule has 2 atom stereocenters. The van der Waals surface area contributed by atoms with Gasteiger partial charge in [0.15, 0.2) is 0 Å². The summed E-state index contributed by atoms with van der Waals surface area (Å²) >= 11 is 0. The first-order chi connectivity index (χ1) is 11.8. The van der Waals surface area contributed by atoms with Crippen molar-refractivity contribution >= 4 is 11.8 Å². The highest BCUT2D eigenvalue weighted by molar-refractivity contribution is 5.53. The smallest absolute Gasteiger partial charge is 0.225 e. The van der Waals surface area contributed by atoms with Gasteiger partial charge in [0.05, 0.1) is 6.04 Å². The number of nitrogens with one attached hydrogen (secondary N) is 1. The van der Waals surface area contributed by atoms with Gasteiger partial charge in [-0.1, -0.05) is 31.2 Å². The van der Waals surface area contributed by atoms with Crippen molar-refractivity contribution in [2.75, 3.05) is 16.8 Å². The van der Waals surface area contributed by atoms with Crippen molar-refractivity contribution in [3.05, 3.63) is 47.2 Å². The third kappa shape index (κ3) is 2.36. The van der Waals surface area contributed by atoms with Crippen molar-refractivity contribution in [3.8, 4) is 0 Å². The average Bonchev–Trinajstić information content (AvgIpc) is 3.46. The van der Waals surface area contributed by atoms with Crippen LogP contribution in [0.4, 0.5) is 11.8 Å². The minimum absolute atomic E-state index is 0.472. The first-order valence-corrected chi connectivity index (χ1v) is 9.32. The van der Waals surface area contributed by atoms with Crippen LogP contribution < -0.4 is 10.2 Å². The number of hydrogen-bond donors (Lipinski definition) is 1. The second-order valence-electron chi connectivity index (χ2n) is 7.38. The fourth-order valence-corrected chi connectivity index (χ4v) is 4.27. The molecule has 2 bridgehead atoms. The van der Waals surface area contributed by atoms with Gasteiger partial charge in [0.2, 0.25) is 5.95 Å². The molecule has 0 unspecified atom stereocenters. The number of rotatable bonds is 4. The van der Waals surface area contributed by atoms with Crippen LogP contribution in [0.1, 0.15) is 61.4 Å². The molecule has 6 rings (SSSR count). The molecule has 2 aliphatic heterocycles. The van der Waals surface area contributed by atoms with Crippen LogP contribution in [0.5, 0.6) is 0 Å². The molecule has 2 aliphatic carbocycles. The molecule has 4 aliphatic rings. The van der Waals surface area contributed by atoms with E-state index in [1.807, 2.05) is 0 Å². The predicted octanol–water partition coefficient (Wildman–Crippen LogP) is 4.05. The Morgan fingerprint density at radius 3 is 2.71 bits per heavy atom. The van der Waals surface area contributed by atoms with E-state index in [0.29, 0.717) is 18.0 Å². The SMILES string of the molecule is CCc1cc(N2C[C@H]3CC[C@H]2c2ccccc23)nc(NC2CC2)n1. The molecule has 1 aromatic carbocycles. The third-order valence-electron chi connectivity index (χ3n) is 5.71. The van der Waals surface area contributed by atoms with Gasteiger partial charge in [-0.15, -0.1) is 0 Å². The predicted molar refractivity (Wildman–Crippen MR) is 96.6 cm³/mol. The van der Waals surface area contributed by atoms with Crippen LogP contribution in [0, 0.1) is 0 Å². The number of piperidine rings is 1. The number of nitrogens with zero attached hydrogens (tertiary/aromatic N) is 3. The Morgan fingerprint density at radius 2 is 1.92 bits per heavy atom. The Bertz CT molecular complexity index is 768. The van der Waals surface area contributed by atoms with E-state index in [0.717, 1.165) is 30.4 Å². The van der Waals surface area contributed by atoms with Gasteiger partial charge < -0.3 is 10.2 Å². The summed E-state index contributed by atoms with van der Waals surface area (Å²) in [6.07, 6.45) is 5.98. The van der Waals surface area contributed by atoms with Gasteiger partial charge in [0.1, 0.15) is 5.82 Å². The van der Waals surface area contributed by atoms with Crippen LogP contribution in [-0.4, -0.2) is 22.6 Å². The summed E-state index contributed by atoms with van der Waals surface area (Å²) in [7, 11) is 0. The van der Waals surface area contributed by atoms with Gasteiger partial charge in [-0.3, -0.25) is 0 Å². The highest BCUT2D eigenvalue weighted by Crippen LogP contribution is 2.48. The highest BCUT2D eigenvalue weighted by Gasteiger charge is 2.38. The molecule has 4 heteroatoms. The minimum Gasteiger partial charge on any atom is -0.351 e. The summed E-state index contributed by atoms with van der Waals surface area (Å²) in [5.41, 5.74) is 4.21. The first-order valence-electron chi connectivity index (χ1n) is 9.32. The maximum atomic E-state index is 4.88. The molecule has 0 spiro atoms. The Hall–Kier alpha value is -2.10.